The quantitative estimate of drug-likeness (QED) is 0.713. The van der Waals surface area contributed by atoms with Gasteiger partial charge in [0.05, 0.1) is 0 Å². The van der Waals surface area contributed by atoms with Crippen LogP contribution in [0.1, 0.15) is 30.4 Å². The van der Waals surface area contributed by atoms with Crippen molar-refractivity contribution in [2.24, 2.45) is 5.92 Å². The summed E-state index contributed by atoms with van der Waals surface area (Å²) in [6, 6.07) is 2.89. The molecule has 16 heavy (non-hydrogen) atoms. The number of pyridine rings is 1. The molecule has 3 aliphatic rings. The molecule has 0 saturated carbocycles. The predicted octanol–water partition coefficient (Wildman–Crippen LogP) is 2.16. The first-order valence-electron chi connectivity index (χ1n) is 6.33. The van der Waals surface area contributed by atoms with Crippen LogP contribution in [0.2, 0.25) is 0 Å². The monoisotopic (exact) mass is 212 g/mol. The third-order valence-electron chi connectivity index (χ3n) is 4.40. The van der Waals surface area contributed by atoms with E-state index < -0.39 is 0 Å². The van der Waals surface area contributed by atoms with Crippen molar-refractivity contribution in [3.63, 3.8) is 0 Å². The highest BCUT2D eigenvalue weighted by Crippen LogP contribution is 2.44. The normalized spacial score (nSPS) is 31.2. The number of hydrogen-bond acceptors (Lipinski definition) is 2. The van der Waals surface area contributed by atoms with E-state index in [1.54, 1.807) is 11.1 Å². The van der Waals surface area contributed by atoms with Crippen molar-refractivity contribution >= 4 is 5.57 Å². The molecule has 2 heteroatoms. The number of hydrogen-bond donors (Lipinski definition) is 1. The first kappa shape index (κ1) is 8.94. The van der Waals surface area contributed by atoms with Crippen LogP contribution in [0.15, 0.2) is 24.0 Å². The SMILES string of the molecule is c1cc2c(cn1)C1=C3C(CNC3CCC1)C2. The molecule has 1 fully saturated rings. The van der Waals surface area contributed by atoms with Crippen LogP contribution in [0.4, 0.5) is 0 Å². The van der Waals surface area contributed by atoms with Gasteiger partial charge in [-0.05, 0) is 59.9 Å². The summed E-state index contributed by atoms with van der Waals surface area (Å²) in [6.45, 7) is 1.19. The summed E-state index contributed by atoms with van der Waals surface area (Å²) in [5.41, 5.74) is 6.32. The largest absolute Gasteiger partial charge is 0.310 e. The summed E-state index contributed by atoms with van der Waals surface area (Å²) in [5.74, 6) is 0.773. The van der Waals surface area contributed by atoms with Crippen LogP contribution in [-0.4, -0.2) is 17.6 Å². The molecule has 4 rings (SSSR count). The molecule has 2 atom stereocenters. The average molecular weight is 212 g/mol. The summed E-state index contributed by atoms with van der Waals surface area (Å²) in [4.78, 5) is 4.30. The van der Waals surface area contributed by atoms with Gasteiger partial charge >= 0.3 is 0 Å². The summed E-state index contributed by atoms with van der Waals surface area (Å²) >= 11 is 0. The van der Waals surface area contributed by atoms with E-state index >= 15 is 0 Å². The molecule has 82 valence electrons. The van der Waals surface area contributed by atoms with E-state index in [2.05, 4.69) is 22.6 Å². The van der Waals surface area contributed by atoms with Gasteiger partial charge < -0.3 is 5.32 Å². The molecule has 0 radical (unpaired) electrons. The number of aromatic nitrogens is 1. The molecule has 2 nitrogen and oxygen atoms in total. The Balaban J connectivity index is 1.95. The highest BCUT2D eigenvalue weighted by molar-refractivity contribution is 5.75. The molecule has 2 heterocycles. The van der Waals surface area contributed by atoms with Gasteiger partial charge in [0.1, 0.15) is 0 Å². The van der Waals surface area contributed by atoms with Crippen LogP contribution in [0.5, 0.6) is 0 Å². The maximum Gasteiger partial charge on any atom is 0.0345 e. The lowest BCUT2D eigenvalue weighted by Gasteiger charge is -2.31. The van der Waals surface area contributed by atoms with E-state index in [0.717, 1.165) is 5.92 Å². The fraction of sp³-hybridized carbons (Fsp3) is 0.500. The molecule has 0 amide bonds. The zero-order valence-electron chi connectivity index (χ0n) is 9.37. The Bertz CT molecular complexity index is 475. The van der Waals surface area contributed by atoms with E-state index in [9.17, 15) is 0 Å². The topological polar surface area (TPSA) is 24.9 Å². The van der Waals surface area contributed by atoms with Crippen LogP contribution >= 0.6 is 0 Å². The van der Waals surface area contributed by atoms with E-state index in [1.807, 2.05) is 6.20 Å². The average Bonchev–Trinajstić information content (AvgIpc) is 2.75. The Labute approximate surface area is 95.8 Å². The third kappa shape index (κ3) is 1.08. The molecule has 1 aromatic rings. The van der Waals surface area contributed by atoms with Crippen molar-refractivity contribution in [1.82, 2.24) is 10.3 Å². The Morgan fingerprint density at radius 2 is 2.38 bits per heavy atom. The van der Waals surface area contributed by atoms with Crippen LogP contribution in [0.3, 0.4) is 0 Å². The lowest BCUT2D eigenvalue weighted by atomic mass is 9.74. The minimum atomic E-state index is 0.683. The standard InChI is InChI=1S/C14H16N2/c1-2-11-12-8-15-5-4-9(12)6-10-7-16-13(3-1)14(10)11/h4-5,8,10,13,16H,1-3,6-7H2. The summed E-state index contributed by atoms with van der Waals surface area (Å²) in [7, 11) is 0. The molecule has 1 aliphatic heterocycles. The number of allylic oxidation sites excluding steroid dienone is 1. The van der Waals surface area contributed by atoms with Gasteiger partial charge in [-0.3, -0.25) is 4.98 Å². The molecule has 1 saturated heterocycles. The van der Waals surface area contributed by atoms with Gasteiger partial charge in [-0.15, -0.1) is 0 Å². The van der Waals surface area contributed by atoms with Crippen LogP contribution in [-0.2, 0) is 6.42 Å². The van der Waals surface area contributed by atoms with Crippen molar-refractivity contribution in [2.75, 3.05) is 6.54 Å². The second-order valence-corrected chi connectivity index (χ2v) is 5.22. The van der Waals surface area contributed by atoms with Gasteiger partial charge in [-0.1, -0.05) is 0 Å². The Kier molecular flexibility index (Phi) is 1.77. The molecule has 2 unspecified atom stereocenters. The summed E-state index contributed by atoms with van der Waals surface area (Å²) < 4.78 is 0. The second-order valence-electron chi connectivity index (χ2n) is 5.22. The molecule has 0 spiro atoms. The molecule has 1 aromatic heterocycles. The van der Waals surface area contributed by atoms with E-state index in [-0.39, 0.29) is 0 Å². The maximum atomic E-state index is 4.30. The fourth-order valence-electron chi connectivity index (χ4n) is 3.74. The van der Waals surface area contributed by atoms with E-state index in [0.29, 0.717) is 6.04 Å². The number of nitrogens with zero attached hydrogens (tertiary/aromatic N) is 1. The molecular formula is C14H16N2. The van der Waals surface area contributed by atoms with Crippen LogP contribution in [0, 0.1) is 5.92 Å². The van der Waals surface area contributed by atoms with E-state index in [4.69, 9.17) is 0 Å². The van der Waals surface area contributed by atoms with Crippen LogP contribution in [0.25, 0.3) is 5.57 Å². The first-order valence-corrected chi connectivity index (χ1v) is 6.33. The summed E-state index contributed by atoms with van der Waals surface area (Å²) in [5, 5.41) is 3.69. The van der Waals surface area contributed by atoms with Gasteiger partial charge in [-0.2, -0.15) is 0 Å². The van der Waals surface area contributed by atoms with Crippen LogP contribution < -0.4 is 5.32 Å². The number of rotatable bonds is 0. The third-order valence-corrected chi connectivity index (χ3v) is 4.40. The lowest BCUT2D eigenvalue weighted by Crippen LogP contribution is -2.26. The number of fused-ring (bicyclic) bond motifs is 2. The van der Waals surface area contributed by atoms with Gasteiger partial charge in [0, 0.05) is 25.0 Å². The Morgan fingerprint density at radius 3 is 3.38 bits per heavy atom. The zero-order chi connectivity index (χ0) is 10.5. The van der Waals surface area contributed by atoms with Gasteiger partial charge in [0.15, 0.2) is 0 Å². The summed E-state index contributed by atoms with van der Waals surface area (Å²) in [6.07, 6.45) is 9.17. The van der Waals surface area contributed by atoms with Crippen molar-refractivity contribution in [2.45, 2.75) is 31.7 Å². The molecule has 0 aromatic carbocycles. The van der Waals surface area contributed by atoms with Gasteiger partial charge in [-0.25, -0.2) is 0 Å². The Morgan fingerprint density at radius 1 is 1.38 bits per heavy atom. The minimum Gasteiger partial charge on any atom is -0.310 e. The van der Waals surface area contributed by atoms with Crippen molar-refractivity contribution in [1.29, 1.82) is 0 Å². The maximum absolute atomic E-state index is 4.30. The highest BCUT2D eigenvalue weighted by atomic mass is 15.0. The predicted molar refractivity (Wildman–Crippen MR) is 64.0 cm³/mol. The van der Waals surface area contributed by atoms with E-state index in [1.165, 1.54) is 43.4 Å². The van der Waals surface area contributed by atoms with Crippen molar-refractivity contribution in [3.8, 4) is 0 Å². The van der Waals surface area contributed by atoms with Gasteiger partial charge in [0.25, 0.3) is 0 Å². The smallest absolute Gasteiger partial charge is 0.0345 e. The molecule has 2 aliphatic carbocycles. The fourth-order valence-corrected chi connectivity index (χ4v) is 3.74. The molecular weight excluding hydrogens is 196 g/mol. The number of nitrogens with one attached hydrogen (secondary N) is 1. The first-order chi connectivity index (χ1) is 7.93. The molecule has 0 bridgehead atoms. The highest BCUT2D eigenvalue weighted by Gasteiger charge is 2.38. The zero-order valence-corrected chi connectivity index (χ0v) is 9.37. The minimum absolute atomic E-state index is 0.683. The van der Waals surface area contributed by atoms with Crippen molar-refractivity contribution < 1.29 is 0 Å². The van der Waals surface area contributed by atoms with Gasteiger partial charge in [0.2, 0.25) is 0 Å². The second kappa shape index (κ2) is 3.17. The lowest BCUT2D eigenvalue weighted by molar-refractivity contribution is 0.573. The molecule has 1 N–H and O–H groups in total. The van der Waals surface area contributed by atoms with Crippen molar-refractivity contribution in [3.05, 3.63) is 35.2 Å². The Hall–Kier alpha value is -1.15.